The molecule has 0 amide bonds. The molecule has 16 heavy (non-hydrogen) atoms. The third-order valence-corrected chi connectivity index (χ3v) is 2.94. The Hall–Kier alpha value is -1.44. The predicted octanol–water partition coefficient (Wildman–Crippen LogP) is 1.07. The molecule has 0 atom stereocenters. The second-order valence-electron chi connectivity index (χ2n) is 3.15. The van der Waals surface area contributed by atoms with Gasteiger partial charge in [0.2, 0.25) is 5.88 Å². The molecule has 2 rings (SSSR count). The molecule has 0 bridgehead atoms. The number of halogens is 1. The number of aromatic nitrogens is 3. The topological polar surface area (TPSA) is 78.9 Å². The highest BCUT2D eigenvalue weighted by molar-refractivity contribution is 14.1. The Morgan fingerprint density at radius 3 is 2.88 bits per heavy atom. The third-order valence-electron chi connectivity index (χ3n) is 1.97. The van der Waals surface area contributed by atoms with Crippen LogP contribution in [0.25, 0.3) is 0 Å². The van der Waals surface area contributed by atoms with Gasteiger partial charge in [0.05, 0.1) is 0 Å². The first-order chi connectivity index (χ1) is 7.66. The Kier molecular flexibility index (Phi) is 3.18. The highest BCUT2D eigenvalue weighted by Crippen LogP contribution is 2.11. The van der Waals surface area contributed by atoms with Crippen LogP contribution in [0, 0.1) is 3.57 Å². The van der Waals surface area contributed by atoms with Crippen molar-refractivity contribution in [3.8, 4) is 5.88 Å². The summed E-state index contributed by atoms with van der Waals surface area (Å²) in [4.78, 5) is 21.9. The van der Waals surface area contributed by atoms with Gasteiger partial charge < -0.3 is 10.1 Å². The number of hydrogen-bond donors (Lipinski definition) is 2. The van der Waals surface area contributed by atoms with Crippen molar-refractivity contribution in [2.24, 2.45) is 0 Å². The smallest absolute Gasteiger partial charge is 0.268 e. The summed E-state index contributed by atoms with van der Waals surface area (Å²) < 4.78 is 0.197. The van der Waals surface area contributed by atoms with Crippen molar-refractivity contribution >= 4 is 22.6 Å². The number of nitrogens with one attached hydrogen (secondary N) is 1. The molecule has 2 heterocycles. The normalized spacial score (nSPS) is 10.3. The second kappa shape index (κ2) is 4.60. The van der Waals surface area contributed by atoms with Gasteiger partial charge in [-0.05, 0) is 34.7 Å². The van der Waals surface area contributed by atoms with Crippen molar-refractivity contribution in [3.05, 3.63) is 49.8 Å². The minimum atomic E-state index is -0.334. The minimum absolute atomic E-state index is 0.197. The van der Waals surface area contributed by atoms with E-state index in [1.54, 1.807) is 28.8 Å². The van der Waals surface area contributed by atoms with E-state index in [1.165, 1.54) is 0 Å². The maximum atomic E-state index is 11.4. The van der Waals surface area contributed by atoms with Crippen molar-refractivity contribution < 1.29 is 5.11 Å². The fourth-order valence-electron chi connectivity index (χ4n) is 1.25. The summed E-state index contributed by atoms with van der Waals surface area (Å²) in [5.74, 6) is 0.164. The van der Waals surface area contributed by atoms with Crippen molar-refractivity contribution in [1.82, 2.24) is 15.0 Å². The maximum absolute atomic E-state index is 11.4. The largest absolute Gasteiger partial charge is 0.492 e. The highest BCUT2D eigenvalue weighted by atomic mass is 127. The summed E-state index contributed by atoms with van der Waals surface area (Å²) in [5, 5.41) is 9.40. The van der Waals surface area contributed by atoms with Crippen LogP contribution in [0.2, 0.25) is 0 Å². The lowest BCUT2D eigenvalue weighted by atomic mass is 10.2. The molecule has 0 fully saturated rings. The first kappa shape index (κ1) is 11.1. The molecule has 82 valence electrons. The van der Waals surface area contributed by atoms with Crippen molar-refractivity contribution in [2.45, 2.75) is 6.42 Å². The summed E-state index contributed by atoms with van der Waals surface area (Å²) in [7, 11) is 0. The number of pyridine rings is 1. The van der Waals surface area contributed by atoms with Gasteiger partial charge >= 0.3 is 0 Å². The Balaban J connectivity index is 2.33. The van der Waals surface area contributed by atoms with Crippen LogP contribution in [-0.4, -0.2) is 20.1 Å². The standard InChI is InChI=1S/C10H8IN3O2/c11-8-9(15)13-7(14-10(8)16)5-6-3-1-2-4-12-6/h1-4H,5H2,(H2,13,14,15,16). The summed E-state index contributed by atoms with van der Waals surface area (Å²) in [6, 6.07) is 5.49. The van der Waals surface area contributed by atoms with Gasteiger partial charge in [0.25, 0.3) is 5.56 Å². The summed E-state index contributed by atoms with van der Waals surface area (Å²) in [6.07, 6.45) is 2.06. The first-order valence-corrected chi connectivity index (χ1v) is 5.62. The zero-order valence-electron chi connectivity index (χ0n) is 8.14. The Bertz CT molecular complexity index is 554. The van der Waals surface area contributed by atoms with Crippen LogP contribution in [0.1, 0.15) is 11.5 Å². The average Bonchev–Trinajstić information content (AvgIpc) is 2.27. The predicted molar refractivity (Wildman–Crippen MR) is 66.3 cm³/mol. The molecule has 0 saturated heterocycles. The molecule has 0 aromatic carbocycles. The van der Waals surface area contributed by atoms with Crippen LogP contribution in [0.5, 0.6) is 5.88 Å². The van der Waals surface area contributed by atoms with E-state index in [1.807, 2.05) is 18.2 Å². The van der Waals surface area contributed by atoms with E-state index in [4.69, 9.17) is 0 Å². The number of aromatic amines is 1. The average molecular weight is 329 g/mol. The van der Waals surface area contributed by atoms with Crippen molar-refractivity contribution in [1.29, 1.82) is 0 Å². The number of rotatable bonds is 2. The molecular weight excluding hydrogens is 321 g/mol. The molecule has 0 radical (unpaired) electrons. The van der Waals surface area contributed by atoms with Crippen LogP contribution < -0.4 is 5.56 Å². The lowest BCUT2D eigenvalue weighted by molar-refractivity contribution is 0.443. The van der Waals surface area contributed by atoms with E-state index in [2.05, 4.69) is 15.0 Å². The summed E-state index contributed by atoms with van der Waals surface area (Å²) in [6.45, 7) is 0. The molecule has 0 aliphatic carbocycles. The van der Waals surface area contributed by atoms with Crippen LogP contribution >= 0.6 is 22.6 Å². The Morgan fingerprint density at radius 2 is 2.25 bits per heavy atom. The van der Waals surface area contributed by atoms with Crippen molar-refractivity contribution in [3.63, 3.8) is 0 Å². The zero-order valence-corrected chi connectivity index (χ0v) is 10.3. The summed E-state index contributed by atoms with van der Waals surface area (Å²) >= 11 is 1.74. The monoisotopic (exact) mass is 329 g/mol. The molecule has 6 heteroatoms. The maximum Gasteiger partial charge on any atom is 0.268 e. The molecule has 0 aliphatic heterocycles. The number of nitrogens with zero attached hydrogens (tertiary/aromatic N) is 2. The van der Waals surface area contributed by atoms with Crippen LogP contribution in [-0.2, 0) is 6.42 Å². The molecule has 5 nitrogen and oxygen atoms in total. The van der Waals surface area contributed by atoms with Gasteiger partial charge in [0.1, 0.15) is 9.39 Å². The lowest BCUT2D eigenvalue weighted by Gasteiger charge is -2.01. The first-order valence-electron chi connectivity index (χ1n) is 4.54. The summed E-state index contributed by atoms with van der Waals surface area (Å²) in [5.41, 5.74) is 0.449. The van der Waals surface area contributed by atoms with Gasteiger partial charge in [-0.15, -0.1) is 0 Å². The van der Waals surface area contributed by atoms with Gasteiger partial charge in [-0.3, -0.25) is 9.78 Å². The quantitative estimate of drug-likeness (QED) is 0.808. The molecule has 0 spiro atoms. The Labute approximate surface area is 105 Å². The van der Waals surface area contributed by atoms with Gasteiger partial charge in [-0.2, -0.15) is 4.98 Å². The fraction of sp³-hybridized carbons (Fsp3) is 0.100. The number of hydrogen-bond acceptors (Lipinski definition) is 4. The van der Waals surface area contributed by atoms with Crippen LogP contribution in [0.15, 0.2) is 29.2 Å². The molecule has 0 aliphatic rings. The van der Waals surface area contributed by atoms with Gasteiger partial charge in [0.15, 0.2) is 0 Å². The lowest BCUT2D eigenvalue weighted by Crippen LogP contribution is -2.14. The van der Waals surface area contributed by atoms with Crippen molar-refractivity contribution in [2.75, 3.05) is 0 Å². The minimum Gasteiger partial charge on any atom is -0.492 e. The highest BCUT2D eigenvalue weighted by Gasteiger charge is 2.07. The van der Waals surface area contributed by atoms with E-state index in [-0.39, 0.29) is 15.0 Å². The van der Waals surface area contributed by atoms with E-state index in [0.717, 1.165) is 5.69 Å². The molecular formula is C10H8IN3O2. The zero-order chi connectivity index (χ0) is 11.5. The molecule has 2 N–H and O–H groups in total. The molecule has 0 unspecified atom stereocenters. The molecule has 0 saturated carbocycles. The van der Waals surface area contributed by atoms with Gasteiger partial charge in [-0.1, -0.05) is 6.07 Å². The second-order valence-corrected chi connectivity index (χ2v) is 4.23. The van der Waals surface area contributed by atoms with Gasteiger partial charge in [-0.25, -0.2) is 0 Å². The SMILES string of the molecule is O=c1[nH]c(Cc2ccccn2)nc(O)c1I. The van der Waals surface area contributed by atoms with Crippen LogP contribution in [0.4, 0.5) is 0 Å². The Morgan fingerprint density at radius 1 is 1.44 bits per heavy atom. The van der Waals surface area contributed by atoms with Crippen LogP contribution in [0.3, 0.4) is 0 Å². The van der Waals surface area contributed by atoms with Gasteiger partial charge in [0, 0.05) is 18.3 Å². The van der Waals surface area contributed by atoms with E-state index in [9.17, 15) is 9.90 Å². The number of aromatic hydroxyl groups is 1. The van der Waals surface area contributed by atoms with E-state index >= 15 is 0 Å². The third kappa shape index (κ3) is 2.38. The fourth-order valence-corrected chi connectivity index (χ4v) is 1.51. The number of H-pyrrole nitrogens is 1. The van der Waals surface area contributed by atoms with E-state index < -0.39 is 0 Å². The molecule has 2 aromatic rings. The van der Waals surface area contributed by atoms with E-state index in [0.29, 0.717) is 12.2 Å². The molecule has 2 aromatic heterocycles.